The van der Waals surface area contributed by atoms with Crippen molar-refractivity contribution in [1.82, 2.24) is 25.1 Å². The fourth-order valence-electron chi connectivity index (χ4n) is 3.92. The first kappa shape index (κ1) is 23.0. The van der Waals surface area contributed by atoms with Crippen LogP contribution in [0.4, 0.5) is 0 Å². The Labute approximate surface area is 196 Å². The summed E-state index contributed by atoms with van der Waals surface area (Å²) in [7, 11) is 3.33. The molecule has 0 aliphatic carbocycles. The number of aromatic nitrogens is 4. The number of benzene rings is 1. The summed E-state index contributed by atoms with van der Waals surface area (Å²) in [5.41, 5.74) is 1.80. The largest absolute Gasteiger partial charge is 0.368 e. The molecule has 0 bridgehead atoms. The Balaban J connectivity index is 1.90. The first-order valence-corrected chi connectivity index (χ1v) is 12.0. The maximum absolute atomic E-state index is 13.6. The van der Waals surface area contributed by atoms with E-state index < -0.39 is 15.6 Å². The molecule has 32 heavy (non-hydrogen) atoms. The Hall–Kier alpha value is -2.17. The number of ketones is 1. The van der Waals surface area contributed by atoms with Crippen molar-refractivity contribution in [3.63, 3.8) is 0 Å². The molecule has 3 heterocycles. The van der Waals surface area contributed by atoms with Crippen molar-refractivity contribution in [2.75, 3.05) is 7.11 Å². The van der Waals surface area contributed by atoms with E-state index in [1.54, 1.807) is 28.4 Å². The Bertz CT molecular complexity index is 1080. The summed E-state index contributed by atoms with van der Waals surface area (Å²) >= 11 is 3.15. The second kappa shape index (κ2) is 8.31. The summed E-state index contributed by atoms with van der Waals surface area (Å²) < 4.78 is 6.55. The van der Waals surface area contributed by atoms with E-state index >= 15 is 0 Å². The molecule has 1 aromatic heterocycles. The van der Waals surface area contributed by atoms with E-state index in [-0.39, 0.29) is 17.1 Å². The highest BCUT2D eigenvalue weighted by molar-refractivity contribution is 8.18. The highest BCUT2D eigenvalue weighted by Gasteiger charge is 2.60. The number of carbonyl (C=O) groups is 2. The number of hydrogen-bond donors (Lipinski definition) is 0. The van der Waals surface area contributed by atoms with Crippen LogP contribution in [0.1, 0.15) is 33.3 Å². The molecule has 1 amide bonds. The number of amides is 1. The molecule has 1 saturated heterocycles. The van der Waals surface area contributed by atoms with Crippen molar-refractivity contribution in [1.29, 1.82) is 0 Å². The first-order valence-electron chi connectivity index (χ1n) is 10.3. The van der Waals surface area contributed by atoms with Gasteiger partial charge in [-0.1, -0.05) is 62.9 Å². The van der Waals surface area contributed by atoms with Gasteiger partial charge in [0.15, 0.2) is 11.9 Å². The number of fused-ring (bicyclic) bond motifs is 1. The number of rotatable bonds is 6. The first-order chi connectivity index (χ1) is 15.1. The monoisotopic (exact) mass is 473 g/mol. The lowest BCUT2D eigenvalue weighted by molar-refractivity contribution is -0.160. The number of allylic oxidation sites excluding steroid dienone is 1. The van der Waals surface area contributed by atoms with Gasteiger partial charge in [0.25, 0.3) is 5.91 Å². The summed E-state index contributed by atoms with van der Waals surface area (Å²) in [6.45, 7) is 7.59. The molecule has 3 atom stereocenters. The number of carbonyl (C=O) groups excluding carboxylic acids is 2. The molecule has 2 aliphatic rings. The smallest absolute Gasteiger partial charge is 0.260 e. The van der Waals surface area contributed by atoms with Gasteiger partial charge in [-0.25, -0.2) is 4.68 Å². The van der Waals surface area contributed by atoms with Gasteiger partial charge in [0.05, 0.1) is 9.78 Å². The number of Topliss-reactive ketones (excluding diaryl/α,β-unsaturated/α-hetero) is 1. The van der Waals surface area contributed by atoms with Crippen LogP contribution in [-0.2, 0) is 27.8 Å². The van der Waals surface area contributed by atoms with Crippen LogP contribution in [0.3, 0.4) is 0 Å². The number of ether oxygens (including phenoxy) is 1. The zero-order chi connectivity index (χ0) is 23.3. The van der Waals surface area contributed by atoms with E-state index in [0.29, 0.717) is 17.3 Å². The minimum Gasteiger partial charge on any atom is -0.368 e. The van der Waals surface area contributed by atoms with Gasteiger partial charge in [-0.15, -0.1) is 16.9 Å². The number of nitrogens with zero attached hydrogens (tertiary/aromatic N) is 5. The topological polar surface area (TPSA) is 90.2 Å². The van der Waals surface area contributed by atoms with Crippen molar-refractivity contribution >= 4 is 35.2 Å². The minimum atomic E-state index is -0.642. The van der Waals surface area contributed by atoms with Crippen LogP contribution in [0.5, 0.6) is 0 Å². The highest BCUT2D eigenvalue weighted by atomic mass is 32.2. The van der Waals surface area contributed by atoms with Gasteiger partial charge in [-0.2, -0.15) is 0 Å². The average Bonchev–Trinajstić information content (AvgIpc) is 3.14. The molecule has 0 saturated carbocycles. The number of tetrazole rings is 1. The molecule has 10 heteroatoms. The van der Waals surface area contributed by atoms with E-state index in [1.807, 2.05) is 45.9 Å². The van der Waals surface area contributed by atoms with E-state index in [2.05, 4.69) is 27.7 Å². The van der Waals surface area contributed by atoms with Crippen LogP contribution in [0, 0.1) is 5.41 Å². The molecule has 1 unspecified atom stereocenters. The molecular formula is C22H27N5O3S2. The number of methoxy groups -OCH3 is 1. The number of β-lactam (4-membered cyclic amide) rings is 1. The van der Waals surface area contributed by atoms with Gasteiger partial charge in [0.1, 0.15) is 5.37 Å². The van der Waals surface area contributed by atoms with Crippen LogP contribution in [0.25, 0.3) is 0 Å². The van der Waals surface area contributed by atoms with Gasteiger partial charge in [0, 0.05) is 26.0 Å². The maximum atomic E-state index is 13.6. The van der Waals surface area contributed by atoms with Crippen LogP contribution < -0.4 is 0 Å². The standard InChI is InChI=1S/C22H27N5O3S2/c1-13-15(17(28)21(2,3)4)27-18(29)16(30-6)19(27)31-22(13,12-14-10-8-7-9-11-14)32-20-23-24-25-26(20)5/h7-11,16,19H,12H2,1-6H3/t16-,19+,22?/m0/s1. The molecule has 2 aliphatic heterocycles. The molecule has 2 aromatic rings. The SMILES string of the molecule is CO[C@H]1C(=O)N2C(C(=O)C(C)(C)C)=C(C)C(Cc3ccccc3)(Sc3nnnn3C)S[C@H]12. The van der Waals surface area contributed by atoms with E-state index in [4.69, 9.17) is 4.74 Å². The molecule has 0 radical (unpaired) electrons. The van der Waals surface area contributed by atoms with Crippen molar-refractivity contribution in [3.05, 3.63) is 47.2 Å². The fraction of sp³-hybridized carbons (Fsp3) is 0.500. The van der Waals surface area contributed by atoms with Crippen molar-refractivity contribution in [3.8, 4) is 0 Å². The zero-order valence-corrected chi connectivity index (χ0v) is 20.7. The number of thioether (sulfide) groups is 2. The van der Waals surface area contributed by atoms with Crippen molar-refractivity contribution < 1.29 is 14.3 Å². The second-order valence-electron chi connectivity index (χ2n) is 9.03. The maximum Gasteiger partial charge on any atom is 0.260 e. The van der Waals surface area contributed by atoms with Gasteiger partial charge in [-0.05, 0) is 28.5 Å². The van der Waals surface area contributed by atoms with Crippen LogP contribution in [0.2, 0.25) is 0 Å². The predicted molar refractivity (Wildman–Crippen MR) is 124 cm³/mol. The lowest BCUT2D eigenvalue weighted by Gasteiger charge is -2.55. The summed E-state index contributed by atoms with van der Waals surface area (Å²) in [6.07, 6.45) is 0.0434. The third-order valence-electron chi connectivity index (χ3n) is 5.74. The van der Waals surface area contributed by atoms with Gasteiger partial charge >= 0.3 is 0 Å². The fourth-order valence-corrected chi connectivity index (χ4v) is 7.24. The van der Waals surface area contributed by atoms with E-state index in [1.165, 1.54) is 18.9 Å². The normalized spacial score (nSPS) is 25.6. The van der Waals surface area contributed by atoms with Gasteiger partial charge in [0.2, 0.25) is 5.16 Å². The summed E-state index contributed by atoms with van der Waals surface area (Å²) in [5.74, 6) is -0.229. The molecule has 8 nitrogen and oxygen atoms in total. The Kier molecular flexibility index (Phi) is 5.98. The van der Waals surface area contributed by atoms with Crippen molar-refractivity contribution in [2.45, 2.75) is 54.8 Å². The molecule has 1 fully saturated rings. The molecule has 4 rings (SSSR count). The van der Waals surface area contributed by atoms with E-state index in [9.17, 15) is 9.59 Å². The van der Waals surface area contributed by atoms with Gasteiger partial charge < -0.3 is 4.74 Å². The number of hydrogen-bond acceptors (Lipinski definition) is 8. The predicted octanol–water partition coefficient (Wildman–Crippen LogP) is 3.06. The highest BCUT2D eigenvalue weighted by Crippen LogP contribution is 2.59. The van der Waals surface area contributed by atoms with Crippen LogP contribution in [0.15, 0.2) is 46.8 Å². The molecular weight excluding hydrogens is 446 g/mol. The third-order valence-corrected chi connectivity index (χ3v) is 9.12. The lowest BCUT2D eigenvalue weighted by atomic mass is 9.84. The molecule has 170 valence electrons. The van der Waals surface area contributed by atoms with Crippen LogP contribution in [-0.4, -0.2) is 59.5 Å². The molecule has 0 N–H and O–H groups in total. The Morgan fingerprint density at radius 1 is 1.28 bits per heavy atom. The van der Waals surface area contributed by atoms with Gasteiger partial charge in [-0.3, -0.25) is 14.5 Å². The van der Waals surface area contributed by atoms with Crippen molar-refractivity contribution in [2.24, 2.45) is 12.5 Å². The van der Waals surface area contributed by atoms with E-state index in [0.717, 1.165) is 11.1 Å². The quantitative estimate of drug-likeness (QED) is 0.592. The van der Waals surface area contributed by atoms with Crippen LogP contribution >= 0.6 is 23.5 Å². The molecule has 0 spiro atoms. The summed E-state index contributed by atoms with van der Waals surface area (Å²) in [4.78, 5) is 28.2. The summed E-state index contributed by atoms with van der Waals surface area (Å²) in [6, 6.07) is 10.1. The molecule has 1 aromatic carbocycles. The lowest BCUT2D eigenvalue weighted by Crippen LogP contribution is -2.68. The zero-order valence-electron chi connectivity index (χ0n) is 19.0. The third kappa shape index (κ3) is 3.78. The Morgan fingerprint density at radius 3 is 2.53 bits per heavy atom. The average molecular weight is 474 g/mol. The Morgan fingerprint density at radius 2 is 1.97 bits per heavy atom. The second-order valence-corrected chi connectivity index (χ2v) is 12.0. The minimum absolute atomic E-state index is 0.0580. The summed E-state index contributed by atoms with van der Waals surface area (Å²) in [5, 5.41) is 12.3. The number of aryl methyl sites for hydroxylation is 1.